The van der Waals surface area contributed by atoms with Crippen molar-refractivity contribution in [2.24, 2.45) is 5.92 Å². The quantitative estimate of drug-likeness (QED) is 0.453. The Morgan fingerprint density at radius 2 is 1.95 bits per heavy atom. The third-order valence-electron chi connectivity index (χ3n) is 3.54. The van der Waals surface area contributed by atoms with Gasteiger partial charge in [0.05, 0.1) is 21.1 Å². The summed E-state index contributed by atoms with van der Waals surface area (Å²) >= 11 is 0. The second-order valence-electron chi connectivity index (χ2n) is 5.70. The van der Waals surface area contributed by atoms with Gasteiger partial charge in [-0.3, -0.25) is 4.79 Å². The third kappa shape index (κ3) is 4.35. The summed E-state index contributed by atoms with van der Waals surface area (Å²) in [6.07, 6.45) is 2.75. The Kier molecular flexibility index (Phi) is 5.55. The van der Waals surface area contributed by atoms with Gasteiger partial charge in [-0.25, -0.2) is 0 Å². The SMILES string of the molecule is C=CC[Si](C)(C)c1ccc(C[C@H](C)C(=O)OC)cc1. The minimum Gasteiger partial charge on any atom is -0.469 e. The lowest BCUT2D eigenvalue weighted by Crippen LogP contribution is -2.40. The van der Waals surface area contributed by atoms with Gasteiger partial charge in [0.1, 0.15) is 0 Å². The monoisotopic (exact) mass is 276 g/mol. The van der Waals surface area contributed by atoms with E-state index in [0.29, 0.717) is 0 Å². The Labute approximate surface area is 117 Å². The van der Waals surface area contributed by atoms with Crippen molar-refractivity contribution in [3.05, 3.63) is 42.5 Å². The molecule has 0 fully saturated rings. The maximum atomic E-state index is 11.4. The lowest BCUT2D eigenvalue weighted by Gasteiger charge is -2.21. The minimum absolute atomic E-state index is 0.0886. The van der Waals surface area contributed by atoms with Crippen molar-refractivity contribution in [2.75, 3.05) is 7.11 Å². The van der Waals surface area contributed by atoms with Crippen LogP contribution < -0.4 is 5.19 Å². The van der Waals surface area contributed by atoms with Crippen LogP contribution in [0, 0.1) is 5.92 Å². The molecular formula is C16H24O2Si. The first-order chi connectivity index (χ1) is 8.90. The summed E-state index contributed by atoms with van der Waals surface area (Å²) in [5.74, 6) is -0.236. The maximum absolute atomic E-state index is 11.4. The first-order valence-electron chi connectivity index (χ1n) is 6.69. The molecule has 0 unspecified atom stereocenters. The molecule has 0 aliphatic rings. The number of esters is 1. The van der Waals surface area contributed by atoms with E-state index >= 15 is 0 Å². The standard InChI is InChI=1S/C16H24O2Si/c1-6-11-19(4,5)15-9-7-14(8-10-15)12-13(2)16(17)18-3/h6-10,13H,1,11-12H2,2-5H3/t13-/m0/s1. The zero-order valence-corrected chi connectivity index (χ0v) is 13.4. The van der Waals surface area contributed by atoms with E-state index in [2.05, 4.69) is 43.9 Å². The molecule has 0 N–H and O–H groups in total. The highest BCUT2D eigenvalue weighted by molar-refractivity contribution is 6.90. The smallest absolute Gasteiger partial charge is 0.308 e. The summed E-state index contributed by atoms with van der Waals surface area (Å²) in [7, 11) is 0.0552. The minimum atomic E-state index is -1.38. The van der Waals surface area contributed by atoms with Crippen LogP contribution in [-0.2, 0) is 16.0 Å². The van der Waals surface area contributed by atoms with Crippen molar-refractivity contribution in [1.82, 2.24) is 0 Å². The van der Waals surface area contributed by atoms with Gasteiger partial charge < -0.3 is 4.74 Å². The van der Waals surface area contributed by atoms with Crippen LogP contribution in [0.1, 0.15) is 12.5 Å². The molecule has 0 saturated carbocycles. The van der Waals surface area contributed by atoms with Crippen LogP contribution in [0.4, 0.5) is 0 Å². The van der Waals surface area contributed by atoms with Gasteiger partial charge in [0.15, 0.2) is 0 Å². The molecule has 1 aromatic carbocycles. The fourth-order valence-electron chi connectivity index (χ4n) is 2.21. The van der Waals surface area contributed by atoms with Gasteiger partial charge in [-0.1, -0.05) is 55.5 Å². The summed E-state index contributed by atoms with van der Waals surface area (Å²) in [6.45, 7) is 10.4. The molecule has 0 saturated heterocycles. The largest absolute Gasteiger partial charge is 0.469 e. The Hall–Kier alpha value is -1.35. The van der Waals surface area contributed by atoms with E-state index < -0.39 is 8.07 Å². The Balaban J connectivity index is 2.77. The number of carbonyl (C=O) groups is 1. The fraction of sp³-hybridized carbons (Fsp3) is 0.438. The molecule has 19 heavy (non-hydrogen) atoms. The van der Waals surface area contributed by atoms with E-state index in [1.54, 1.807) is 0 Å². The third-order valence-corrected chi connectivity index (χ3v) is 6.74. The van der Waals surface area contributed by atoms with Crippen molar-refractivity contribution in [2.45, 2.75) is 32.5 Å². The molecule has 104 valence electrons. The van der Waals surface area contributed by atoms with Gasteiger partial charge in [0.25, 0.3) is 0 Å². The predicted molar refractivity (Wildman–Crippen MR) is 83.4 cm³/mol. The van der Waals surface area contributed by atoms with Crippen molar-refractivity contribution >= 4 is 19.2 Å². The number of ether oxygens (including phenoxy) is 1. The molecule has 0 amide bonds. The first-order valence-corrected chi connectivity index (χ1v) is 9.89. The molecule has 0 spiro atoms. The van der Waals surface area contributed by atoms with Gasteiger partial charge >= 0.3 is 5.97 Å². The molecule has 0 aromatic heterocycles. The molecule has 1 rings (SSSR count). The van der Waals surface area contributed by atoms with E-state index in [0.717, 1.165) is 12.5 Å². The van der Waals surface area contributed by atoms with Gasteiger partial charge in [-0.05, 0) is 18.0 Å². The maximum Gasteiger partial charge on any atom is 0.308 e. The lowest BCUT2D eigenvalue weighted by atomic mass is 10.0. The number of benzene rings is 1. The van der Waals surface area contributed by atoms with Crippen LogP contribution in [0.5, 0.6) is 0 Å². The van der Waals surface area contributed by atoms with Crippen LogP contribution in [0.25, 0.3) is 0 Å². The van der Waals surface area contributed by atoms with Crippen molar-refractivity contribution in [3.8, 4) is 0 Å². The Morgan fingerprint density at radius 3 is 2.42 bits per heavy atom. The normalized spacial score (nSPS) is 12.8. The molecule has 0 heterocycles. The number of methoxy groups -OCH3 is 1. The molecule has 0 radical (unpaired) electrons. The van der Waals surface area contributed by atoms with E-state index in [-0.39, 0.29) is 11.9 Å². The molecule has 0 bridgehead atoms. The summed E-state index contributed by atoms with van der Waals surface area (Å²) in [5.41, 5.74) is 1.19. The first kappa shape index (κ1) is 15.7. The van der Waals surface area contributed by atoms with Gasteiger partial charge in [-0.15, -0.1) is 6.58 Å². The summed E-state index contributed by atoms with van der Waals surface area (Å²) in [4.78, 5) is 11.4. The predicted octanol–water partition coefficient (Wildman–Crippen LogP) is 3.14. The van der Waals surface area contributed by atoms with E-state index in [9.17, 15) is 4.79 Å². The van der Waals surface area contributed by atoms with Crippen LogP contribution >= 0.6 is 0 Å². The van der Waals surface area contributed by atoms with Crippen molar-refractivity contribution < 1.29 is 9.53 Å². The lowest BCUT2D eigenvalue weighted by molar-refractivity contribution is -0.144. The zero-order chi connectivity index (χ0) is 14.5. The highest BCUT2D eigenvalue weighted by Crippen LogP contribution is 2.13. The number of hydrogen-bond donors (Lipinski definition) is 0. The molecule has 3 heteroatoms. The van der Waals surface area contributed by atoms with Crippen LogP contribution in [-0.4, -0.2) is 21.2 Å². The van der Waals surface area contributed by atoms with E-state index in [1.807, 2.05) is 13.0 Å². The van der Waals surface area contributed by atoms with Gasteiger partial charge in [-0.2, -0.15) is 0 Å². The molecule has 0 aliphatic heterocycles. The van der Waals surface area contributed by atoms with E-state index in [4.69, 9.17) is 4.74 Å². The van der Waals surface area contributed by atoms with E-state index in [1.165, 1.54) is 17.9 Å². The topological polar surface area (TPSA) is 26.3 Å². The number of carbonyl (C=O) groups excluding carboxylic acids is 1. The van der Waals surface area contributed by atoms with Gasteiger partial charge in [0.2, 0.25) is 0 Å². The van der Waals surface area contributed by atoms with Crippen molar-refractivity contribution in [1.29, 1.82) is 0 Å². The van der Waals surface area contributed by atoms with Crippen LogP contribution in [0.3, 0.4) is 0 Å². The molecule has 0 aliphatic carbocycles. The second kappa shape index (κ2) is 6.71. The van der Waals surface area contributed by atoms with Crippen molar-refractivity contribution in [3.63, 3.8) is 0 Å². The number of hydrogen-bond acceptors (Lipinski definition) is 2. The van der Waals surface area contributed by atoms with Crippen LogP contribution in [0.15, 0.2) is 36.9 Å². The molecule has 1 aromatic rings. The summed E-state index contributed by atoms with van der Waals surface area (Å²) in [5, 5.41) is 1.43. The zero-order valence-electron chi connectivity index (χ0n) is 12.4. The van der Waals surface area contributed by atoms with Gasteiger partial charge in [0, 0.05) is 0 Å². The molecule has 1 atom stereocenters. The molecule has 2 nitrogen and oxygen atoms in total. The molecular weight excluding hydrogens is 252 g/mol. The highest BCUT2D eigenvalue weighted by Gasteiger charge is 2.21. The average molecular weight is 276 g/mol. The number of rotatable bonds is 6. The highest BCUT2D eigenvalue weighted by atomic mass is 28.3. The summed E-state index contributed by atoms with van der Waals surface area (Å²) < 4.78 is 4.75. The fourth-order valence-corrected chi connectivity index (χ4v) is 4.24. The summed E-state index contributed by atoms with van der Waals surface area (Å²) in [6, 6.07) is 9.76. The van der Waals surface area contributed by atoms with Crippen LogP contribution in [0.2, 0.25) is 19.1 Å². The second-order valence-corrected chi connectivity index (χ2v) is 10.5. The number of allylic oxidation sites excluding steroid dienone is 1. The Morgan fingerprint density at radius 1 is 1.37 bits per heavy atom. The average Bonchev–Trinajstić information content (AvgIpc) is 2.38. The Bertz CT molecular complexity index is 435.